The van der Waals surface area contributed by atoms with E-state index < -0.39 is 29.9 Å². The van der Waals surface area contributed by atoms with E-state index in [9.17, 15) is 26.3 Å². The summed E-state index contributed by atoms with van der Waals surface area (Å²) >= 11 is 0. The zero-order chi connectivity index (χ0) is 13.3. The molecule has 0 heterocycles. The van der Waals surface area contributed by atoms with Crippen LogP contribution < -0.4 is 10.5 Å². The van der Waals surface area contributed by atoms with Gasteiger partial charge in [-0.05, 0) is 6.07 Å². The van der Waals surface area contributed by atoms with Gasteiger partial charge in [0.1, 0.15) is 11.8 Å². The van der Waals surface area contributed by atoms with Gasteiger partial charge in [0.15, 0.2) is 0 Å². The summed E-state index contributed by atoms with van der Waals surface area (Å²) in [4.78, 5) is 0. The zero-order valence-electron chi connectivity index (χ0n) is 8.55. The van der Waals surface area contributed by atoms with Crippen LogP contribution in [-0.2, 0) is 0 Å². The molecule has 0 bridgehead atoms. The highest BCUT2D eigenvalue weighted by Gasteiger charge is 2.41. The lowest BCUT2D eigenvalue weighted by Gasteiger charge is -2.19. The van der Waals surface area contributed by atoms with Crippen molar-refractivity contribution < 1.29 is 31.1 Å². The Morgan fingerprint density at radius 2 is 1.50 bits per heavy atom. The largest absolute Gasteiger partial charge is 0.573 e. The first-order chi connectivity index (χ1) is 7.61. The lowest BCUT2D eigenvalue weighted by molar-refractivity contribution is -0.275. The average molecular weight is 296 g/mol. The molecular weight excluding hydrogens is 288 g/mol. The van der Waals surface area contributed by atoms with E-state index in [1.165, 1.54) is 0 Å². The molecule has 1 atom stereocenters. The maximum Gasteiger partial charge on any atom is 0.573 e. The maximum atomic E-state index is 12.3. The topological polar surface area (TPSA) is 35.2 Å². The lowest BCUT2D eigenvalue weighted by atomic mass is 10.1. The van der Waals surface area contributed by atoms with Crippen molar-refractivity contribution in [3.8, 4) is 5.75 Å². The summed E-state index contributed by atoms with van der Waals surface area (Å²) in [5.41, 5.74) is 4.05. The number of ether oxygens (including phenoxy) is 1. The highest BCUT2D eigenvalue weighted by atomic mass is 35.5. The Morgan fingerprint density at radius 1 is 1.00 bits per heavy atom. The minimum Gasteiger partial charge on any atom is -0.405 e. The van der Waals surface area contributed by atoms with E-state index in [0.29, 0.717) is 0 Å². The molecule has 2 N–H and O–H groups in total. The van der Waals surface area contributed by atoms with Crippen molar-refractivity contribution in [2.75, 3.05) is 0 Å². The number of hydrogen-bond acceptors (Lipinski definition) is 2. The Morgan fingerprint density at radius 3 is 1.94 bits per heavy atom. The molecule has 0 spiro atoms. The van der Waals surface area contributed by atoms with Crippen LogP contribution in [0.4, 0.5) is 26.3 Å². The van der Waals surface area contributed by atoms with E-state index in [1.807, 2.05) is 0 Å². The van der Waals surface area contributed by atoms with Gasteiger partial charge in [-0.3, -0.25) is 0 Å². The fraction of sp³-hybridized carbons (Fsp3) is 0.333. The fourth-order valence-corrected chi connectivity index (χ4v) is 1.13. The van der Waals surface area contributed by atoms with Crippen molar-refractivity contribution in [2.24, 2.45) is 5.73 Å². The molecule has 2 nitrogen and oxygen atoms in total. The van der Waals surface area contributed by atoms with Crippen LogP contribution in [0.15, 0.2) is 24.3 Å². The Bertz CT molecular complexity index is 391. The summed E-state index contributed by atoms with van der Waals surface area (Å²) in [6.45, 7) is 0. The molecule has 0 saturated carbocycles. The molecule has 0 aromatic heterocycles. The standard InChI is InChI=1S/C9H7F6NO.ClH/c10-8(11,12)7(16)5-3-1-2-4-6(5)17-9(13,14)15;/h1-4,7H,16H2;1H/t7-;/m0./s1. The predicted octanol–water partition coefficient (Wildman–Crippen LogP) is 3.57. The normalized spacial score (nSPS) is 13.7. The number of para-hydroxylation sites is 1. The molecular formula is C9H8ClF6NO. The van der Waals surface area contributed by atoms with Crippen LogP contribution in [0.3, 0.4) is 0 Å². The van der Waals surface area contributed by atoms with Crippen molar-refractivity contribution in [3.05, 3.63) is 29.8 Å². The molecule has 1 rings (SSSR count). The molecule has 104 valence electrons. The first-order valence-electron chi connectivity index (χ1n) is 4.28. The van der Waals surface area contributed by atoms with Crippen LogP contribution in [0.25, 0.3) is 0 Å². The van der Waals surface area contributed by atoms with E-state index in [4.69, 9.17) is 5.73 Å². The molecule has 0 aliphatic rings. The zero-order valence-corrected chi connectivity index (χ0v) is 9.36. The van der Waals surface area contributed by atoms with Crippen LogP contribution in [0.5, 0.6) is 5.75 Å². The molecule has 18 heavy (non-hydrogen) atoms. The highest BCUT2D eigenvalue weighted by molar-refractivity contribution is 5.85. The van der Waals surface area contributed by atoms with Crippen LogP contribution in [-0.4, -0.2) is 12.5 Å². The molecule has 9 heteroatoms. The number of nitrogens with two attached hydrogens (primary N) is 1. The smallest absolute Gasteiger partial charge is 0.405 e. The molecule has 0 unspecified atom stereocenters. The summed E-state index contributed by atoms with van der Waals surface area (Å²) in [5, 5.41) is 0. The first-order valence-corrected chi connectivity index (χ1v) is 4.28. The van der Waals surface area contributed by atoms with Gasteiger partial charge in [-0.1, -0.05) is 18.2 Å². The Balaban J connectivity index is 0.00000289. The third-order valence-electron chi connectivity index (χ3n) is 1.83. The van der Waals surface area contributed by atoms with E-state index in [0.717, 1.165) is 24.3 Å². The van der Waals surface area contributed by atoms with Gasteiger partial charge in [0, 0.05) is 5.56 Å². The second kappa shape index (κ2) is 5.66. The highest BCUT2D eigenvalue weighted by Crippen LogP contribution is 2.36. The van der Waals surface area contributed by atoms with Gasteiger partial charge in [-0.25, -0.2) is 0 Å². The van der Waals surface area contributed by atoms with Gasteiger partial charge >= 0.3 is 12.5 Å². The van der Waals surface area contributed by atoms with Crippen LogP contribution in [0.1, 0.15) is 11.6 Å². The Labute approximate surface area is 104 Å². The number of alkyl halides is 6. The van der Waals surface area contributed by atoms with Crippen LogP contribution in [0, 0.1) is 0 Å². The van der Waals surface area contributed by atoms with Gasteiger partial charge in [-0.15, -0.1) is 25.6 Å². The lowest BCUT2D eigenvalue weighted by Crippen LogP contribution is -2.29. The van der Waals surface area contributed by atoms with Crippen LogP contribution in [0.2, 0.25) is 0 Å². The summed E-state index contributed by atoms with van der Waals surface area (Å²) in [6.07, 6.45) is -9.91. The molecule has 0 aliphatic carbocycles. The maximum absolute atomic E-state index is 12.3. The van der Waals surface area contributed by atoms with Crippen molar-refractivity contribution >= 4 is 12.4 Å². The van der Waals surface area contributed by atoms with Gasteiger partial charge in [0.25, 0.3) is 0 Å². The average Bonchev–Trinajstić information content (AvgIpc) is 2.13. The third-order valence-corrected chi connectivity index (χ3v) is 1.83. The Kier molecular flexibility index (Phi) is 5.30. The molecule has 1 aromatic carbocycles. The molecule has 0 saturated heterocycles. The predicted molar refractivity (Wildman–Crippen MR) is 53.4 cm³/mol. The number of hydrogen-bond donors (Lipinski definition) is 1. The minimum atomic E-state index is -5.07. The van der Waals surface area contributed by atoms with E-state index in [-0.39, 0.29) is 12.4 Å². The van der Waals surface area contributed by atoms with Crippen LogP contribution >= 0.6 is 12.4 Å². The number of benzene rings is 1. The Hall–Kier alpha value is -1.15. The van der Waals surface area contributed by atoms with Gasteiger partial charge < -0.3 is 10.5 Å². The van der Waals surface area contributed by atoms with Crippen molar-refractivity contribution in [1.82, 2.24) is 0 Å². The summed E-state index contributed by atoms with van der Waals surface area (Å²) < 4.78 is 76.1. The summed E-state index contributed by atoms with van der Waals surface area (Å²) in [6, 6.07) is 1.34. The minimum absolute atomic E-state index is 0. The van der Waals surface area contributed by atoms with Crippen molar-refractivity contribution in [2.45, 2.75) is 18.6 Å². The molecule has 0 fully saturated rings. The van der Waals surface area contributed by atoms with Gasteiger partial charge in [0.2, 0.25) is 0 Å². The molecule has 0 radical (unpaired) electrons. The van der Waals surface area contributed by atoms with E-state index in [1.54, 1.807) is 0 Å². The molecule has 0 amide bonds. The summed E-state index contributed by atoms with van der Waals surface area (Å²) in [7, 11) is 0. The van der Waals surface area contributed by atoms with Gasteiger partial charge in [0.05, 0.1) is 0 Å². The van der Waals surface area contributed by atoms with Gasteiger partial charge in [-0.2, -0.15) is 13.2 Å². The second-order valence-electron chi connectivity index (χ2n) is 3.10. The summed E-state index contributed by atoms with van der Waals surface area (Å²) in [5.74, 6) is -0.954. The van der Waals surface area contributed by atoms with Crippen molar-refractivity contribution in [3.63, 3.8) is 0 Å². The monoisotopic (exact) mass is 295 g/mol. The number of rotatable bonds is 2. The quantitative estimate of drug-likeness (QED) is 0.847. The molecule has 0 aliphatic heterocycles. The number of halogens is 7. The second-order valence-corrected chi connectivity index (χ2v) is 3.10. The third kappa shape index (κ3) is 4.61. The first kappa shape index (κ1) is 16.9. The van der Waals surface area contributed by atoms with E-state index >= 15 is 0 Å². The SMILES string of the molecule is Cl.N[C@@H](c1ccccc1OC(F)(F)F)C(F)(F)F. The van der Waals surface area contributed by atoms with Crippen molar-refractivity contribution in [1.29, 1.82) is 0 Å². The fourth-order valence-electron chi connectivity index (χ4n) is 1.13. The molecule has 1 aromatic rings. The van der Waals surface area contributed by atoms with E-state index in [2.05, 4.69) is 4.74 Å².